The molecule has 2 aromatic rings. The molecule has 6 heteroatoms. The van der Waals surface area contributed by atoms with Gasteiger partial charge in [-0.2, -0.15) is 5.26 Å². The number of nitriles is 1. The first-order valence-corrected chi connectivity index (χ1v) is 9.94. The fourth-order valence-corrected chi connectivity index (χ4v) is 3.80. The number of methoxy groups -OCH3 is 2. The highest BCUT2D eigenvalue weighted by molar-refractivity contribution is 5.97. The van der Waals surface area contributed by atoms with Gasteiger partial charge in [-0.1, -0.05) is 12.1 Å². The molecule has 1 saturated heterocycles. The second-order valence-corrected chi connectivity index (χ2v) is 7.27. The Labute approximate surface area is 177 Å². The van der Waals surface area contributed by atoms with Gasteiger partial charge in [0.15, 0.2) is 0 Å². The van der Waals surface area contributed by atoms with E-state index in [0.717, 1.165) is 42.0 Å². The number of rotatable bonds is 6. The molecule has 0 saturated carbocycles. The van der Waals surface area contributed by atoms with Gasteiger partial charge in [-0.15, -0.1) is 0 Å². The molecule has 3 rings (SSSR count). The van der Waals surface area contributed by atoms with E-state index < -0.39 is 5.97 Å². The van der Waals surface area contributed by atoms with Crippen LogP contribution < -0.4 is 4.74 Å². The molecule has 1 aliphatic rings. The van der Waals surface area contributed by atoms with Crippen LogP contribution in [0.4, 0.5) is 0 Å². The Morgan fingerprint density at radius 3 is 2.30 bits per heavy atom. The van der Waals surface area contributed by atoms with Gasteiger partial charge in [0.25, 0.3) is 0 Å². The minimum Gasteiger partial charge on any atom is -0.497 e. The number of hydrogen-bond acceptors (Lipinski definition) is 6. The molecule has 0 bridgehead atoms. The third kappa shape index (κ3) is 4.64. The first-order valence-electron chi connectivity index (χ1n) is 9.94. The third-order valence-corrected chi connectivity index (χ3v) is 5.40. The number of aliphatic hydroxyl groups is 1. The predicted octanol–water partition coefficient (Wildman–Crippen LogP) is 3.58. The molecule has 156 valence electrons. The molecule has 1 N–H and O–H groups in total. The lowest BCUT2D eigenvalue weighted by Crippen LogP contribution is -2.36. The van der Waals surface area contributed by atoms with E-state index >= 15 is 0 Å². The molecule has 1 fully saturated rings. The molecule has 1 atom stereocenters. The quantitative estimate of drug-likeness (QED) is 0.449. The smallest absolute Gasteiger partial charge is 0.337 e. The number of allylic oxidation sites excluding steroid dienone is 1. The average Bonchev–Trinajstić information content (AvgIpc) is 2.82. The monoisotopic (exact) mass is 406 g/mol. The molecule has 0 amide bonds. The number of piperidine rings is 1. The number of benzene rings is 2. The van der Waals surface area contributed by atoms with Gasteiger partial charge in [0.05, 0.1) is 31.1 Å². The minimum absolute atomic E-state index is 0.127. The van der Waals surface area contributed by atoms with Crippen LogP contribution in [0.2, 0.25) is 0 Å². The number of ether oxygens (including phenoxy) is 2. The minimum atomic E-state index is -0.416. The molecule has 1 unspecified atom stereocenters. The van der Waals surface area contributed by atoms with Crippen LogP contribution in [0.3, 0.4) is 0 Å². The highest BCUT2D eigenvalue weighted by Gasteiger charge is 2.25. The summed E-state index contributed by atoms with van der Waals surface area (Å²) in [6.45, 7) is 1.62. The fourth-order valence-electron chi connectivity index (χ4n) is 3.80. The van der Waals surface area contributed by atoms with Crippen molar-refractivity contribution < 1.29 is 19.4 Å². The number of carbonyl (C=O) groups excluding carboxylic acids is 1. The first kappa shape index (κ1) is 21.4. The normalized spacial score (nSPS) is 17.0. The molecular weight excluding hydrogens is 380 g/mol. The summed E-state index contributed by atoms with van der Waals surface area (Å²) in [5.41, 5.74) is 3.41. The van der Waals surface area contributed by atoms with Gasteiger partial charge in [0, 0.05) is 19.7 Å². The number of aliphatic hydroxyl groups excluding tert-OH is 1. The number of nitrogens with zero attached hydrogens (tertiary/aromatic N) is 2. The van der Waals surface area contributed by atoms with Crippen LogP contribution >= 0.6 is 0 Å². The van der Waals surface area contributed by atoms with E-state index in [2.05, 4.69) is 11.0 Å². The lowest BCUT2D eigenvalue weighted by molar-refractivity contribution is 0.0600. The van der Waals surface area contributed by atoms with Gasteiger partial charge >= 0.3 is 5.97 Å². The zero-order chi connectivity index (χ0) is 21.5. The Kier molecular flexibility index (Phi) is 7.10. The van der Waals surface area contributed by atoms with Gasteiger partial charge in [0.1, 0.15) is 11.8 Å². The van der Waals surface area contributed by atoms with Crippen molar-refractivity contribution in [3.8, 4) is 11.8 Å². The maximum atomic E-state index is 11.8. The summed E-state index contributed by atoms with van der Waals surface area (Å²) < 4.78 is 10.0. The van der Waals surface area contributed by atoms with E-state index in [4.69, 9.17) is 9.47 Å². The zero-order valence-electron chi connectivity index (χ0n) is 17.3. The summed E-state index contributed by atoms with van der Waals surface area (Å²) in [7, 11) is 2.96. The van der Waals surface area contributed by atoms with Gasteiger partial charge in [-0.05, 0) is 66.3 Å². The van der Waals surface area contributed by atoms with Crippen LogP contribution in [-0.2, 0) is 4.74 Å². The van der Waals surface area contributed by atoms with Crippen molar-refractivity contribution >= 4 is 17.2 Å². The summed E-state index contributed by atoms with van der Waals surface area (Å²) in [5, 5.41) is 19.8. The van der Waals surface area contributed by atoms with Crippen LogP contribution in [0.15, 0.2) is 48.5 Å². The van der Waals surface area contributed by atoms with Crippen LogP contribution in [0, 0.1) is 17.2 Å². The summed E-state index contributed by atoms with van der Waals surface area (Å²) in [6, 6.07) is 16.9. The second-order valence-electron chi connectivity index (χ2n) is 7.27. The van der Waals surface area contributed by atoms with Crippen LogP contribution in [-0.4, -0.2) is 49.9 Å². The number of likely N-dealkylation sites (tertiary alicyclic amines) is 1. The summed E-state index contributed by atoms with van der Waals surface area (Å²) >= 11 is 0. The Balaban J connectivity index is 2.10. The van der Waals surface area contributed by atoms with Crippen LogP contribution in [0.25, 0.3) is 11.3 Å². The molecule has 0 aromatic heterocycles. The lowest BCUT2D eigenvalue weighted by atomic mass is 9.93. The number of esters is 1. The van der Waals surface area contributed by atoms with Gasteiger partial charge in [-0.25, -0.2) is 4.79 Å². The van der Waals surface area contributed by atoms with Crippen LogP contribution in [0.5, 0.6) is 5.75 Å². The van der Waals surface area contributed by atoms with E-state index in [1.807, 2.05) is 24.3 Å². The molecule has 6 nitrogen and oxygen atoms in total. The van der Waals surface area contributed by atoms with Crippen molar-refractivity contribution in [2.75, 3.05) is 33.9 Å². The molecule has 30 heavy (non-hydrogen) atoms. The Morgan fingerprint density at radius 2 is 1.73 bits per heavy atom. The van der Waals surface area contributed by atoms with E-state index in [-0.39, 0.29) is 12.5 Å². The van der Waals surface area contributed by atoms with Crippen molar-refractivity contribution in [1.29, 1.82) is 5.26 Å². The largest absolute Gasteiger partial charge is 0.497 e. The van der Waals surface area contributed by atoms with Crippen molar-refractivity contribution in [1.82, 2.24) is 4.90 Å². The standard InChI is InChI=1S/C24H26N2O4/c1-29-21-11-9-19(10-12-21)23(26-13-3-4-17(15-26)16-27)22(14-25)18-5-7-20(8-6-18)24(28)30-2/h5-12,17,27H,3-4,13,15-16H2,1-2H3/b23-22-. The highest BCUT2D eigenvalue weighted by Crippen LogP contribution is 2.33. The average molecular weight is 406 g/mol. The van der Waals surface area contributed by atoms with Gasteiger partial charge in [0.2, 0.25) is 0 Å². The summed E-state index contributed by atoms with van der Waals surface area (Å²) in [4.78, 5) is 13.9. The predicted molar refractivity (Wildman–Crippen MR) is 115 cm³/mol. The zero-order valence-corrected chi connectivity index (χ0v) is 17.3. The molecule has 0 radical (unpaired) electrons. The third-order valence-electron chi connectivity index (χ3n) is 5.40. The maximum Gasteiger partial charge on any atom is 0.337 e. The van der Waals surface area contributed by atoms with Crippen molar-refractivity contribution in [3.63, 3.8) is 0 Å². The maximum absolute atomic E-state index is 11.8. The van der Waals surface area contributed by atoms with Crippen molar-refractivity contribution in [2.24, 2.45) is 5.92 Å². The topological polar surface area (TPSA) is 82.8 Å². The Morgan fingerprint density at radius 1 is 1.10 bits per heavy atom. The Hall–Kier alpha value is -3.30. The van der Waals surface area contributed by atoms with E-state index in [9.17, 15) is 15.2 Å². The van der Waals surface area contributed by atoms with E-state index in [0.29, 0.717) is 17.7 Å². The second kappa shape index (κ2) is 9.95. The highest BCUT2D eigenvalue weighted by atomic mass is 16.5. The van der Waals surface area contributed by atoms with Gasteiger partial charge in [-0.3, -0.25) is 0 Å². The van der Waals surface area contributed by atoms with Gasteiger partial charge < -0.3 is 19.5 Å². The van der Waals surface area contributed by atoms with Crippen LogP contribution in [0.1, 0.15) is 34.3 Å². The molecular formula is C24H26N2O4. The summed E-state index contributed by atoms with van der Waals surface area (Å²) in [5.74, 6) is 0.501. The fraction of sp³-hybridized carbons (Fsp3) is 0.333. The van der Waals surface area contributed by atoms with Crippen molar-refractivity contribution in [3.05, 3.63) is 65.2 Å². The molecule has 1 heterocycles. The Bertz CT molecular complexity index is 943. The molecule has 1 aliphatic heterocycles. The molecule has 0 aliphatic carbocycles. The number of hydrogen-bond donors (Lipinski definition) is 1. The van der Waals surface area contributed by atoms with Crippen molar-refractivity contribution in [2.45, 2.75) is 12.8 Å². The lowest BCUT2D eigenvalue weighted by Gasteiger charge is -2.36. The number of carbonyl (C=O) groups is 1. The SMILES string of the molecule is COC(=O)c1ccc(/C(C#N)=C(/c2ccc(OC)cc2)N2CCCC(CO)C2)cc1. The summed E-state index contributed by atoms with van der Waals surface area (Å²) in [6.07, 6.45) is 1.92. The first-order chi connectivity index (χ1) is 14.6. The van der Waals surface area contributed by atoms with E-state index in [1.165, 1.54) is 7.11 Å². The molecule has 0 spiro atoms. The van der Waals surface area contributed by atoms with E-state index in [1.54, 1.807) is 31.4 Å². The molecule has 2 aromatic carbocycles.